The van der Waals surface area contributed by atoms with E-state index < -0.39 is 11.9 Å². The molecule has 0 heterocycles. The van der Waals surface area contributed by atoms with E-state index in [2.05, 4.69) is 0 Å². The summed E-state index contributed by atoms with van der Waals surface area (Å²) in [7, 11) is 0. The molecule has 0 spiro atoms. The molecule has 0 fully saturated rings. The summed E-state index contributed by atoms with van der Waals surface area (Å²) in [6.45, 7) is 1.47. The molecule has 0 radical (unpaired) electrons. The van der Waals surface area contributed by atoms with E-state index in [-0.39, 0.29) is 44.3 Å². The molecule has 0 bridgehead atoms. The summed E-state index contributed by atoms with van der Waals surface area (Å²) in [5, 5.41) is 16.5. The van der Waals surface area contributed by atoms with Crippen LogP contribution < -0.4 is 0 Å². The monoisotopic (exact) mass is 160 g/mol. The van der Waals surface area contributed by atoms with E-state index in [9.17, 15) is 4.79 Å². The number of carboxylic acid groups (broad SMARTS) is 1. The van der Waals surface area contributed by atoms with Crippen molar-refractivity contribution in [1.29, 1.82) is 0 Å². The van der Waals surface area contributed by atoms with Crippen molar-refractivity contribution >= 4 is 43.7 Å². The van der Waals surface area contributed by atoms with Crippen molar-refractivity contribution in [3.8, 4) is 0 Å². The second-order valence-corrected chi connectivity index (χ2v) is 1.63. The fraction of sp³-hybridized carbons (Fsp3) is 0.800. The van der Waals surface area contributed by atoms with E-state index >= 15 is 0 Å². The van der Waals surface area contributed by atoms with Gasteiger partial charge in [-0.1, -0.05) is 6.92 Å². The van der Waals surface area contributed by atoms with Crippen LogP contribution in [-0.4, -0.2) is 60.5 Å². The molecule has 0 saturated heterocycles. The molecule has 1 atom stereocenters. The van der Waals surface area contributed by atoms with Gasteiger partial charge in [-0.05, 0) is 6.42 Å². The Morgan fingerprint density at radius 2 is 2.11 bits per heavy atom. The molecule has 0 aliphatic rings. The molecule has 0 aromatic heterocycles. The fourth-order valence-corrected chi connectivity index (χ4v) is 0.382. The van der Waals surface area contributed by atoms with E-state index in [0.29, 0.717) is 6.42 Å². The molecular weight excluding hydrogens is 148 g/mol. The molecule has 0 rings (SSSR count). The summed E-state index contributed by atoms with van der Waals surface area (Å²) in [5.74, 6) is -1.50. The number of hydrogen-bond donors (Lipinski definition) is 2. The van der Waals surface area contributed by atoms with Gasteiger partial charge in [0.1, 0.15) is 0 Å². The number of aliphatic hydroxyl groups excluding tert-OH is 1. The van der Waals surface area contributed by atoms with E-state index in [1.54, 1.807) is 6.92 Å². The van der Waals surface area contributed by atoms with E-state index in [1.807, 2.05) is 0 Å². The van der Waals surface area contributed by atoms with Crippen LogP contribution >= 0.6 is 0 Å². The first-order valence-corrected chi connectivity index (χ1v) is 2.56. The van der Waals surface area contributed by atoms with Crippen molar-refractivity contribution in [2.75, 3.05) is 6.61 Å². The Labute approximate surface area is 84.1 Å². The quantitative estimate of drug-likeness (QED) is 0.530. The molecule has 0 aromatic rings. The molecule has 0 amide bonds. The first kappa shape index (κ1) is 12.4. The van der Waals surface area contributed by atoms with Gasteiger partial charge < -0.3 is 10.2 Å². The number of hydrogen-bond acceptors (Lipinski definition) is 2. The van der Waals surface area contributed by atoms with Crippen LogP contribution in [0.3, 0.4) is 0 Å². The van der Waals surface area contributed by atoms with Gasteiger partial charge in [0.15, 0.2) is 0 Å². The van der Waals surface area contributed by atoms with Crippen LogP contribution in [0.25, 0.3) is 0 Å². The third kappa shape index (κ3) is 5.15. The van der Waals surface area contributed by atoms with Gasteiger partial charge in [0.05, 0.1) is 12.5 Å². The zero-order valence-electron chi connectivity index (χ0n) is 4.79. The van der Waals surface area contributed by atoms with Crippen molar-refractivity contribution in [1.82, 2.24) is 0 Å². The molecule has 0 saturated carbocycles. The van der Waals surface area contributed by atoms with E-state index in [1.165, 1.54) is 0 Å². The molecule has 4 heteroatoms. The normalized spacial score (nSPS) is 11.8. The molecule has 2 N–H and O–H groups in total. The summed E-state index contributed by atoms with van der Waals surface area (Å²) >= 11 is 0. The van der Waals surface area contributed by atoms with Gasteiger partial charge in [-0.15, -0.1) is 0 Å². The first-order chi connectivity index (χ1) is 3.72. The van der Waals surface area contributed by atoms with Crippen LogP contribution in [-0.2, 0) is 4.79 Å². The molecule has 0 aliphatic heterocycles. The van der Waals surface area contributed by atoms with Crippen LogP contribution in [0.5, 0.6) is 0 Å². The third-order valence-corrected chi connectivity index (χ3v) is 1.06. The Bertz CT molecular complexity index is 80.3. The van der Waals surface area contributed by atoms with Crippen molar-refractivity contribution in [2.24, 2.45) is 5.92 Å². The van der Waals surface area contributed by atoms with Crippen LogP contribution in [0, 0.1) is 5.92 Å². The summed E-state index contributed by atoms with van der Waals surface area (Å²) < 4.78 is 0. The number of carbonyl (C=O) groups is 1. The molecule has 9 heavy (non-hydrogen) atoms. The molecule has 1 unspecified atom stereocenters. The topological polar surface area (TPSA) is 57.5 Å². The summed E-state index contributed by atoms with van der Waals surface area (Å²) in [4.78, 5) is 10.0. The number of rotatable bonds is 3. The molecule has 0 aliphatic carbocycles. The first-order valence-electron chi connectivity index (χ1n) is 2.56. The van der Waals surface area contributed by atoms with Crippen LogP contribution in [0.15, 0.2) is 0 Å². The Morgan fingerprint density at radius 3 is 2.11 bits per heavy atom. The van der Waals surface area contributed by atoms with Crippen molar-refractivity contribution in [2.45, 2.75) is 13.3 Å². The molecule has 52 valence electrons. The standard InChI is InChI=1S/C5H10O3.Ca.2H/c1-2-4(3-6)5(7)8;;;/h4,6H,2-3H2,1H3,(H,7,8);;;. The predicted octanol–water partition coefficient (Wildman–Crippen LogP) is -0.827. The SMILES string of the molecule is CCC(CO)C(=O)O.[CaH2]. The zero-order valence-corrected chi connectivity index (χ0v) is 4.79. The number of carboxylic acids is 1. The maximum absolute atomic E-state index is 10.0. The van der Waals surface area contributed by atoms with Crippen molar-refractivity contribution in [3.05, 3.63) is 0 Å². The van der Waals surface area contributed by atoms with Gasteiger partial charge in [-0.25, -0.2) is 0 Å². The Kier molecular flexibility index (Phi) is 9.36. The minimum atomic E-state index is -0.921. The number of aliphatic hydroxyl groups is 1. The zero-order chi connectivity index (χ0) is 6.57. The second-order valence-electron chi connectivity index (χ2n) is 1.63. The average molecular weight is 160 g/mol. The van der Waals surface area contributed by atoms with Crippen LogP contribution in [0.4, 0.5) is 0 Å². The van der Waals surface area contributed by atoms with E-state index in [4.69, 9.17) is 10.2 Å². The van der Waals surface area contributed by atoms with Gasteiger partial charge >= 0.3 is 43.7 Å². The Morgan fingerprint density at radius 1 is 1.67 bits per heavy atom. The van der Waals surface area contributed by atoms with E-state index in [0.717, 1.165) is 0 Å². The Balaban J connectivity index is 0. The summed E-state index contributed by atoms with van der Waals surface area (Å²) in [6.07, 6.45) is 0.492. The van der Waals surface area contributed by atoms with Gasteiger partial charge in [0, 0.05) is 0 Å². The molecule has 0 aromatic carbocycles. The van der Waals surface area contributed by atoms with Crippen molar-refractivity contribution in [3.63, 3.8) is 0 Å². The maximum atomic E-state index is 10.0. The van der Waals surface area contributed by atoms with Crippen LogP contribution in [0.1, 0.15) is 13.3 Å². The van der Waals surface area contributed by atoms with Crippen LogP contribution in [0.2, 0.25) is 0 Å². The minimum absolute atomic E-state index is 0. The number of aliphatic carboxylic acids is 1. The van der Waals surface area contributed by atoms with Gasteiger partial charge in [-0.3, -0.25) is 4.79 Å². The van der Waals surface area contributed by atoms with Gasteiger partial charge in [-0.2, -0.15) is 0 Å². The van der Waals surface area contributed by atoms with Gasteiger partial charge in [0.2, 0.25) is 0 Å². The summed E-state index contributed by atoms with van der Waals surface area (Å²) in [5.41, 5.74) is 0. The third-order valence-electron chi connectivity index (χ3n) is 1.06. The molecule has 3 nitrogen and oxygen atoms in total. The Hall–Kier alpha value is 0.690. The van der Waals surface area contributed by atoms with Crippen molar-refractivity contribution < 1.29 is 15.0 Å². The second kappa shape index (κ2) is 6.80. The molecular formula is C5H12CaO3. The summed E-state index contributed by atoms with van der Waals surface area (Å²) in [6, 6.07) is 0. The predicted molar refractivity (Wildman–Crippen MR) is 37.0 cm³/mol. The van der Waals surface area contributed by atoms with Gasteiger partial charge in [0.25, 0.3) is 0 Å². The fourth-order valence-electron chi connectivity index (χ4n) is 0.382. The average Bonchev–Trinajstić information content (AvgIpc) is 1.69.